The summed E-state index contributed by atoms with van der Waals surface area (Å²) in [7, 11) is 1.85. The van der Waals surface area contributed by atoms with Crippen molar-refractivity contribution in [3.63, 3.8) is 0 Å². The maximum atomic E-state index is 12.2. The number of aromatic nitrogens is 2. The molecule has 1 aliphatic carbocycles. The van der Waals surface area contributed by atoms with Crippen LogP contribution in [0.25, 0.3) is 0 Å². The summed E-state index contributed by atoms with van der Waals surface area (Å²) in [4.78, 5) is 14.0. The van der Waals surface area contributed by atoms with E-state index in [1.165, 1.54) is 23.1 Å². The average Bonchev–Trinajstić information content (AvgIpc) is 3.25. The highest BCUT2D eigenvalue weighted by Crippen LogP contribution is 2.28. The van der Waals surface area contributed by atoms with E-state index in [-0.39, 0.29) is 5.91 Å². The quantitative estimate of drug-likeness (QED) is 0.804. The zero-order valence-electron chi connectivity index (χ0n) is 12.9. The number of rotatable bonds is 6. The number of thioether (sulfide) groups is 1. The maximum Gasteiger partial charge on any atom is 0.236 e. The van der Waals surface area contributed by atoms with Crippen LogP contribution in [0.3, 0.4) is 0 Å². The Morgan fingerprint density at radius 3 is 2.91 bits per heavy atom. The largest absolute Gasteiger partial charge is 0.330 e. The van der Waals surface area contributed by atoms with Gasteiger partial charge in [-0.3, -0.25) is 4.79 Å². The summed E-state index contributed by atoms with van der Waals surface area (Å²) in [5.74, 6) is 0.490. The number of carbonyl (C=O) groups excluding carboxylic acids is 1. The number of amides is 1. The Labute approximate surface area is 143 Å². The lowest BCUT2D eigenvalue weighted by Crippen LogP contribution is -2.26. The molecule has 0 radical (unpaired) electrons. The lowest BCUT2D eigenvalue weighted by Gasteiger charge is -2.17. The molecule has 0 saturated carbocycles. The number of anilines is 2. The van der Waals surface area contributed by atoms with Gasteiger partial charge in [0, 0.05) is 18.4 Å². The first-order valence-electron chi connectivity index (χ1n) is 7.46. The fourth-order valence-electron chi connectivity index (χ4n) is 2.30. The summed E-state index contributed by atoms with van der Waals surface area (Å²) in [5, 5.41) is 12.2. The fourth-order valence-corrected chi connectivity index (χ4v) is 3.99. The van der Waals surface area contributed by atoms with E-state index in [0.717, 1.165) is 40.1 Å². The fraction of sp³-hybridized carbons (Fsp3) is 0.312. The summed E-state index contributed by atoms with van der Waals surface area (Å²) < 4.78 is 0.797. The number of carbonyl (C=O) groups is 1. The van der Waals surface area contributed by atoms with Crippen molar-refractivity contribution in [1.82, 2.24) is 15.1 Å². The number of para-hydroxylation sites is 1. The standard InChI is InChI=1S/C16H18N4OS2/c1-20(13-9-5-6-10-13)14(21)11-22-16-19-18-15(23-16)17-12-7-3-2-4-8-12/h2-4,7-9H,5-6,10-11H2,1H3,(H,17,18). The van der Waals surface area contributed by atoms with Crippen LogP contribution in [0.15, 0.2) is 46.4 Å². The highest BCUT2D eigenvalue weighted by Gasteiger charge is 2.17. The monoisotopic (exact) mass is 346 g/mol. The maximum absolute atomic E-state index is 12.2. The van der Waals surface area contributed by atoms with E-state index in [1.54, 1.807) is 4.90 Å². The van der Waals surface area contributed by atoms with E-state index in [4.69, 9.17) is 0 Å². The van der Waals surface area contributed by atoms with E-state index in [9.17, 15) is 4.79 Å². The first kappa shape index (κ1) is 16.0. The van der Waals surface area contributed by atoms with Crippen LogP contribution in [-0.4, -0.2) is 33.8 Å². The van der Waals surface area contributed by atoms with Gasteiger partial charge in [0.05, 0.1) is 5.75 Å². The van der Waals surface area contributed by atoms with Gasteiger partial charge in [-0.2, -0.15) is 0 Å². The number of nitrogens with zero attached hydrogens (tertiary/aromatic N) is 3. The third kappa shape index (κ3) is 4.33. The van der Waals surface area contributed by atoms with Gasteiger partial charge in [-0.15, -0.1) is 10.2 Å². The Morgan fingerprint density at radius 1 is 1.35 bits per heavy atom. The van der Waals surface area contributed by atoms with Gasteiger partial charge in [0.1, 0.15) is 0 Å². The third-order valence-corrected chi connectivity index (χ3v) is 5.53. The minimum absolute atomic E-state index is 0.107. The molecule has 3 rings (SSSR count). The highest BCUT2D eigenvalue weighted by molar-refractivity contribution is 8.01. The van der Waals surface area contributed by atoms with Crippen LogP contribution < -0.4 is 5.32 Å². The Bertz CT molecular complexity index is 699. The molecule has 5 nitrogen and oxygen atoms in total. The molecule has 0 bridgehead atoms. The molecular formula is C16H18N4OS2. The summed E-state index contributed by atoms with van der Waals surface area (Å²) in [6, 6.07) is 9.84. The lowest BCUT2D eigenvalue weighted by atomic mass is 10.3. The molecule has 1 aromatic carbocycles. The van der Waals surface area contributed by atoms with Crippen LogP contribution in [-0.2, 0) is 4.79 Å². The predicted molar refractivity (Wildman–Crippen MR) is 95.1 cm³/mol. The second-order valence-corrected chi connectivity index (χ2v) is 7.39. The summed E-state index contributed by atoms with van der Waals surface area (Å²) in [6.07, 6.45) is 5.36. The minimum atomic E-state index is 0.107. The van der Waals surface area contributed by atoms with Gasteiger partial charge in [0.15, 0.2) is 4.34 Å². The molecule has 1 aliphatic rings. The second kappa shape index (κ2) is 7.61. The minimum Gasteiger partial charge on any atom is -0.330 e. The smallest absolute Gasteiger partial charge is 0.236 e. The Kier molecular flexibility index (Phi) is 5.30. The molecule has 1 amide bonds. The lowest BCUT2D eigenvalue weighted by molar-refractivity contribution is -0.125. The average molecular weight is 346 g/mol. The zero-order valence-corrected chi connectivity index (χ0v) is 14.5. The van der Waals surface area contributed by atoms with Crippen molar-refractivity contribution in [3.05, 3.63) is 42.1 Å². The molecule has 2 aromatic rings. The number of benzene rings is 1. The van der Waals surface area contributed by atoms with Gasteiger partial charge in [-0.1, -0.05) is 47.4 Å². The molecule has 0 atom stereocenters. The normalized spacial score (nSPS) is 13.7. The number of hydrogen-bond acceptors (Lipinski definition) is 6. The Morgan fingerprint density at radius 2 is 2.17 bits per heavy atom. The van der Waals surface area contributed by atoms with Crippen molar-refractivity contribution in [2.75, 3.05) is 18.1 Å². The molecule has 0 fully saturated rings. The van der Waals surface area contributed by atoms with E-state index in [1.807, 2.05) is 37.4 Å². The third-order valence-electron chi connectivity index (χ3n) is 3.57. The Hall–Kier alpha value is -1.86. The van der Waals surface area contributed by atoms with Crippen molar-refractivity contribution < 1.29 is 4.79 Å². The van der Waals surface area contributed by atoms with Crippen LogP contribution in [0.2, 0.25) is 0 Å². The van der Waals surface area contributed by atoms with E-state index < -0.39 is 0 Å². The van der Waals surface area contributed by atoms with Crippen molar-refractivity contribution in [3.8, 4) is 0 Å². The van der Waals surface area contributed by atoms with E-state index in [0.29, 0.717) is 5.75 Å². The number of hydrogen-bond donors (Lipinski definition) is 1. The molecule has 7 heteroatoms. The van der Waals surface area contributed by atoms with Crippen molar-refractivity contribution in [1.29, 1.82) is 0 Å². The van der Waals surface area contributed by atoms with Gasteiger partial charge in [-0.05, 0) is 31.4 Å². The van der Waals surface area contributed by atoms with Crippen LogP contribution >= 0.6 is 23.1 Å². The van der Waals surface area contributed by atoms with Gasteiger partial charge in [-0.25, -0.2) is 0 Å². The summed E-state index contributed by atoms with van der Waals surface area (Å²) >= 11 is 2.89. The first-order valence-corrected chi connectivity index (χ1v) is 9.26. The van der Waals surface area contributed by atoms with Crippen LogP contribution in [0.5, 0.6) is 0 Å². The van der Waals surface area contributed by atoms with Gasteiger partial charge < -0.3 is 10.2 Å². The molecule has 1 N–H and O–H groups in total. The van der Waals surface area contributed by atoms with Crippen molar-refractivity contribution in [2.24, 2.45) is 0 Å². The topological polar surface area (TPSA) is 58.1 Å². The number of allylic oxidation sites excluding steroid dienone is 2. The zero-order chi connectivity index (χ0) is 16.1. The molecule has 1 heterocycles. The van der Waals surface area contributed by atoms with Crippen molar-refractivity contribution in [2.45, 2.75) is 23.6 Å². The Balaban J connectivity index is 1.52. The highest BCUT2D eigenvalue weighted by atomic mass is 32.2. The van der Waals surface area contributed by atoms with Gasteiger partial charge >= 0.3 is 0 Å². The van der Waals surface area contributed by atoms with E-state index in [2.05, 4.69) is 21.6 Å². The van der Waals surface area contributed by atoms with Crippen LogP contribution in [0, 0.1) is 0 Å². The molecule has 1 aromatic heterocycles. The number of nitrogens with one attached hydrogen (secondary N) is 1. The van der Waals surface area contributed by atoms with Crippen LogP contribution in [0.4, 0.5) is 10.8 Å². The molecule has 0 aliphatic heterocycles. The molecule has 0 unspecified atom stereocenters. The van der Waals surface area contributed by atoms with Gasteiger partial charge in [0.2, 0.25) is 11.0 Å². The SMILES string of the molecule is CN(C(=O)CSc1nnc(Nc2ccccc2)s1)C1=CCCC1. The molecule has 0 saturated heterocycles. The first-order chi connectivity index (χ1) is 11.2. The molecular weight excluding hydrogens is 328 g/mol. The van der Waals surface area contributed by atoms with E-state index >= 15 is 0 Å². The summed E-state index contributed by atoms with van der Waals surface area (Å²) in [6.45, 7) is 0. The van der Waals surface area contributed by atoms with Crippen molar-refractivity contribution >= 4 is 39.8 Å². The molecule has 0 spiro atoms. The molecule has 120 valence electrons. The predicted octanol–water partition coefficient (Wildman–Crippen LogP) is 3.90. The summed E-state index contributed by atoms with van der Waals surface area (Å²) in [5.41, 5.74) is 2.11. The molecule has 23 heavy (non-hydrogen) atoms. The van der Waals surface area contributed by atoms with Gasteiger partial charge in [0.25, 0.3) is 0 Å². The second-order valence-electron chi connectivity index (χ2n) is 5.19. The van der Waals surface area contributed by atoms with Crippen LogP contribution in [0.1, 0.15) is 19.3 Å².